The van der Waals surface area contributed by atoms with Crippen molar-refractivity contribution in [3.8, 4) is 0 Å². The van der Waals surface area contributed by atoms with E-state index in [1.807, 2.05) is 4.90 Å². The first-order valence-corrected chi connectivity index (χ1v) is 12.1. The molecule has 6 heteroatoms. The highest BCUT2D eigenvalue weighted by atomic mass is 32.1. The summed E-state index contributed by atoms with van der Waals surface area (Å²) in [5, 5.41) is 2.08. The fourth-order valence-corrected chi connectivity index (χ4v) is 6.34. The lowest BCUT2D eigenvalue weighted by atomic mass is 9.80. The van der Waals surface area contributed by atoms with Gasteiger partial charge in [-0.1, -0.05) is 32.1 Å². The highest BCUT2D eigenvalue weighted by Crippen LogP contribution is 2.35. The van der Waals surface area contributed by atoms with Gasteiger partial charge in [0.05, 0.1) is 5.69 Å². The normalized spacial score (nSPS) is 25.0. The Morgan fingerprint density at radius 2 is 1.79 bits per heavy atom. The van der Waals surface area contributed by atoms with E-state index in [4.69, 9.17) is 4.98 Å². The minimum atomic E-state index is 0.147. The van der Waals surface area contributed by atoms with E-state index >= 15 is 0 Å². The fourth-order valence-electron chi connectivity index (χ4n) is 5.61. The third-order valence-corrected chi connectivity index (χ3v) is 7.96. The molecule has 0 N–H and O–H groups in total. The molecule has 0 radical (unpaired) electrons. The van der Waals surface area contributed by atoms with Crippen molar-refractivity contribution in [1.82, 2.24) is 19.2 Å². The summed E-state index contributed by atoms with van der Waals surface area (Å²) in [6.07, 6.45) is 14.0. The molecule has 5 rings (SSSR count). The second-order valence-electron chi connectivity index (χ2n) is 9.00. The number of carbonyl (C=O) groups excluding carboxylic acids is 1. The predicted molar refractivity (Wildman–Crippen MR) is 113 cm³/mol. The number of amides is 1. The molecular weight excluding hydrogens is 368 g/mol. The number of nitrogens with zero attached hydrogens (tertiary/aromatic N) is 4. The third kappa shape index (κ3) is 3.61. The summed E-state index contributed by atoms with van der Waals surface area (Å²) in [4.78, 5) is 23.5. The van der Waals surface area contributed by atoms with E-state index in [0.717, 1.165) is 61.5 Å². The Kier molecular flexibility index (Phi) is 5.42. The molecule has 3 aliphatic rings. The molecule has 5 nitrogen and oxygen atoms in total. The minimum absolute atomic E-state index is 0.147. The zero-order chi connectivity index (χ0) is 18.9. The number of carbonyl (C=O) groups is 1. The molecule has 0 spiro atoms. The van der Waals surface area contributed by atoms with Crippen molar-refractivity contribution in [2.45, 2.75) is 64.3 Å². The molecule has 0 aromatic carbocycles. The van der Waals surface area contributed by atoms with Crippen LogP contribution in [0.4, 0.5) is 0 Å². The first-order chi connectivity index (χ1) is 13.8. The Labute approximate surface area is 171 Å². The van der Waals surface area contributed by atoms with Crippen LogP contribution >= 0.6 is 11.3 Å². The van der Waals surface area contributed by atoms with Gasteiger partial charge in [-0.15, -0.1) is 11.3 Å². The van der Waals surface area contributed by atoms with Crippen molar-refractivity contribution in [3.63, 3.8) is 0 Å². The maximum Gasteiger partial charge on any atom is 0.274 e. The zero-order valence-corrected chi connectivity index (χ0v) is 17.6. The van der Waals surface area contributed by atoms with Crippen LogP contribution in [0.25, 0.3) is 4.96 Å². The summed E-state index contributed by atoms with van der Waals surface area (Å²) >= 11 is 1.63. The molecule has 0 bridgehead atoms. The van der Waals surface area contributed by atoms with Crippen molar-refractivity contribution < 1.29 is 4.79 Å². The quantitative estimate of drug-likeness (QED) is 0.763. The van der Waals surface area contributed by atoms with E-state index in [-0.39, 0.29) is 5.91 Å². The first-order valence-electron chi connectivity index (χ1n) is 11.3. The molecule has 2 aromatic heterocycles. The number of hydrogen-bond acceptors (Lipinski definition) is 4. The lowest BCUT2D eigenvalue weighted by molar-refractivity contribution is 0.0716. The molecule has 4 heterocycles. The van der Waals surface area contributed by atoms with E-state index in [1.165, 1.54) is 51.5 Å². The Balaban J connectivity index is 1.33. The lowest BCUT2D eigenvalue weighted by Gasteiger charge is -2.28. The van der Waals surface area contributed by atoms with Crippen LogP contribution in [0.5, 0.6) is 0 Å². The number of aromatic nitrogens is 2. The summed E-state index contributed by atoms with van der Waals surface area (Å²) in [5.41, 5.74) is 1.81. The van der Waals surface area contributed by atoms with Crippen LogP contribution in [0.2, 0.25) is 0 Å². The van der Waals surface area contributed by atoms with Gasteiger partial charge in [-0.05, 0) is 44.1 Å². The standard InChI is InChI=1S/C22H32N4OS/c27-21(25-10-5-2-6-11-25)20-19(26-13-14-28-22(26)23-20)16-24-12-9-18(15-24)17-7-3-1-4-8-17/h13-14,17-18H,1-12,15-16H2/t18-/m1/s1. The molecule has 0 unspecified atom stereocenters. The van der Waals surface area contributed by atoms with Crippen LogP contribution in [-0.2, 0) is 6.54 Å². The van der Waals surface area contributed by atoms with Crippen molar-refractivity contribution in [1.29, 1.82) is 0 Å². The number of imidazole rings is 1. The second kappa shape index (κ2) is 8.15. The number of rotatable bonds is 4. The molecule has 2 aliphatic heterocycles. The lowest BCUT2D eigenvalue weighted by Crippen LogP contribution is -2.36. The van der Waals surface area contributed by atoms with Crippen LogP contribution in [0.1, 0.15) is 74.0 Å². The topological polar surface area (TPSA) is 40.9 Å². The molecule has 1 saturated carbocycles. The van der Waals surface area contributed by atoms with E-state index in [9.17, 15) is 4.79 Å². The Bertz CT molecular complexity index is 816. The number of thiazole rings is 1. The minimum Gasteiger partial charge on any atom is -0.337 e. The molecule has 1 atom stereocenters. The summed E-state index contributed by atoms with van der Waals surface area (Å²) in [7, 11) is 0. The summed E-state index contributed by atoms with van der Waals surface area (Å²) < 4.78 is 2.16. The van der Waals surface area contributed by atoms with Gasteiger partial charge in [-0.3, -0.25) is 14.1 Å². The van der Waals surface area contributed by atoms with Gasteiger partial charge in [0.2, 0.25) is 0 Å². The van der Waals surface area contributed by atoms with Gasteiger partial charge in [0.25, 0.3) is 5.91 Å². The van der Waals surface area contributed by atoms with Crippen LogP contribution < -0.4 is 0 Å². The molecular formula is C22H32N4OS. The van der Waals surface area contributed by atoms with Gasteiger partial charge in [-0.25, -0.2) is 4.98 Å². The van der Waals surface area contributed by atoms with Crippen LogP contribution in [-0.4, -0.2) is 51.3 Å². The first kappa shape index (κ1) is 18.6. The molecule has 28 heavy (non-hydrogen) atoms. The highest BCUT2D eigenvalue weighted by Gasteiger charge is 2.32. The predicted octanol–water partition coefficient (Wildman–Crippen LogP) is 4.42. The average Bonchev–Trinajstić information content (AvgIpc) is 3.47. The second-order valence-corrected chi connectivity index (χ2v) is 9.87. The van der Waals surface area contributed by atoms with Gasteiger partial charge < -0.3 is 4.90 Å². The Morgan fingerprint density at radius 1 is 1.00 bits per heavy atom. The Morgan fingerprint density at radius 3 is 2.61 bits per heavy atom. The van der Waals surface area contributed by atoms with Crippen LogP contribution in [0.15, 0.2) is 11.6 Å². The molecule has 152 valence electrons. The summed E-state index contributed by atoms with van der Waals surface area (Å²) in [5.74, 6) is 1.93. The third-order valence-electron chi connectivity index (χ3n) is 7.21. The van der Waals surface area contributed by atoms with Gasteiger partial charge in [0.1, 0.15) is 0 Å². The van der Waals surface area contributed by atoms with Gasteiger partial charge in [0.15, 0.2) is 10.7 Å². The largest absolute Gasteiger partial charge is 0.337 e. The molecule has 3 fully saturated rings. The number of hydrogen-bond donors (Lipinski definition) is 0. The van der Waals surface area contributed by atoms with Gasteiger partial charge in [-0.2, -0.15) is 0 Å². The Hall–Kier alpha value is -1.40. The van der Waals surface area contributed by atoms with Crippen molar-refractivity contribution in [2.75, 3.05) is 26.2 Å². The number of fused-ring (bicyclic) bond motifs is 1. The monoisotopic (exact) mass is 400 g/mol. The van der Waals surface area contributed by atoms with Gasteiger partial charge >= 0.3 is 0 Å². The molecule has 1 amide bonds. The highest BCUT2D eigenvalue weighted by molar-refractivity contribution is 7.15. The van der Waals surface area contributed by atoms with E-state index in [0.29, 0.717) is 5.69 Å². The van der Waals surface area contributed by atoms with Gasteiger partial charge in [0, 0.05) is 37.8 Å². The van der Waals surface area contributed by atoms with Crippen LogP contribution in [0.3, 0.4) is 0 Å². The smallest absolute Gasteiger partial charge is 0.274 e. The van der Waals surface area contributed by atoms with Crippen molar-refractivity contribution in [3.05, 3.63) is 23.0 Å². The van der Waals surface area contributed by atoms with E-state index < -0.39 is 0 Å². The van der Waals surface area contributed by atoms with Crippen molar-refractivity contribution in [2.24, 2.45) is 11.8 Å². The number of piperidine rings is 1. The van der Waals surface area contributed by atoms with E-state index in [1.54, 1.807) is 11.3 Å². The zero-order valence-electron chi connectivity index (χ0n) is 16.8. The average molecular weight is 401 g/mol. The van der Waals surface area contributed by atoms with Crippen LogP contribution in [0, 0.1) is 11.8 Å². The van der Waals surface area contributed by atoms with Crippen molar-refractivity contribution >= 4 is 22.2 Å². The molecule has 2 aromatic rings. The molecule has 2 saturated heterocycles. The SMILES string of the molecule is O=C(c1nc2sccn2c1CN1CC[C@@H](C2CCCCC2)C1)N1CCCCC1. The maximum atomic E-state index is 13.2. The molecule has 1 aliphatic carbocycles. The maximum absolute atomic E-state index is 13.2. The summed E-state index contributed by atoms with van der Waals surface area (Å²) in [6.45, 7) is 4.99. The van der Waals surface area contributed by atoms with E-state index in [2.05, 4.69) is 20.9 Å². The summed E-state index contributed by atoms with van der Waals surface area (Å²) in [6, 6.07) is 0. The number of likely N-dealkylation sites (tertiary alicyclic amines) is 2. The fraction of sp³-hybridized carbons (Fsp3) is 0.727.